The lowest BCUT2D eigenvalue weighted by Crippen LogP contribution is -3.00. The van der Waals surface area contributed by atoms with E-state index in [1.807, 2.05) is 34.0 Å². The first kappa shape index (κ1) is 24.4. The van der Waals surface area contributed by atoms with E-state index in [0.717, 1.165) is 12.1 Å². The molecule has 0 saturated heterocycles. The minimum atomic E-state index is 0. The Kier molecular flexibility index (Phi) is 7.01. The molecule has 0 aliphatic heterocycles. The third kappa shape index (κ3) is 4.85. The minimum absolute atomic E-state index is 0. The molecule has 36 heavy (non-hydrogen) atoms. The van der Waals surface area contributed by atoms with Gasteiger partial charge in [-0.25, -0.2) is 4.57 Å². The quantitative estimate of drug-likeness (QED) is 0.300. The number of fused-ring (bicyclic) bond motifs is 3. The molecule has 0 spiro atoms. The summed E-state index contributed by atoms with van der Waals surface area (Å²) in [4.78, 5) is 0. The molecular formula is C29H23Cl3N4. The normalized spacial score (nSPS) is 11.2. The zero-order chi connectivity index (χ0) is 23.8. The standard InChI is InChI=1S/C29H23Cl2N4.ClH/c30-24-14-13-23(27(31)15-24)18-33-19-32-34(20-33)16-21-9-11-22(12-10-21)17-35-28-7-3-1-5-25(28)26-6-2-4-8-29(26)35;/h1-15,19-20H,16-18H2;1H/q+1;/p-1. The van der Waals surface area contributed by atoms with E-state index < -0.39 is 0 Å². The van der Waals surface area contributed by atoms with Crippen LogP contribution in [0, 0.1) is 0 Å². The summed E-state index contributed by atoms with van der Waals surface area (Å²) in [6.07, 6.45) is 3.82. The molecule has 0 bridgehead atoms. The number of nitrogens with zero attached hydrogens (tertiary/aromatic N) is 4. The Morgan fingerprint density at radius 3 is 1.97 bits per heavy atom. The van der Waals surface area contributed by atoms with Gasteiger partial charge in [0.05, 0.1) is 6.54 Å². The highest BCUT2D eigenvalue weighted by Crippen LogP contribution is 2.29. The van der Waals surface area contributed by atoms with Crippen LogP contribution in [0.1, 0.15) is 16.7 Å². The Hall–Kier alpha value is -3.31. The van der Waals surface area contributed by atoms with Crippen LogP contribution in [0.5, 0.6) is 0 Å². The van der Waals surface area contributed by atoms with Gasteiger partial charge in [-0.1, -0.05) is 89.9 Å². The second kappa shape index (κ2) is 10.4. The molecule has 0 aliphatic rings. The van der Waals surface area contributed by atoms with Gasteiger partial charge in [-0.3, -0.25) is 0 Å². The van der Waals surface area contributed by atoms with Gasteiger partial charge in [0.25, 0.3) is 6.33 Å². The molecule has 0 amide bonds. The van der Waals surface area contributed by atoms with Gasteiger partial charge in [-0.2, -0.15) is 0 Å². The monoisotopic (exact) mass is 532 g/mol. The van der Waals surface area contributed by atoms with Crippen LogP contribution >= 0.6 is 23.2 Å². The molecule has 4 nitrogen and oxygen atoms in total. The Labute approximate surface area is 225 Å². The molecule has 4 aromatic carbocycles. The van der Waals surface area contributed by atoms with Gasteiger partial charge in [-0.15, -0.1) is 4.68 Å². The summed E-state index contributed by atoms with van der Waals surface area (Å²) in [5, 5.41) is 8.41. The van der Waals surface area contributed by atoms with Crippen LogP contribution in [0.3, 0.4) is 0 Å². The lowest BCUT2D eigenvalue weighted by atomic mass is 10.1. The molecular weight excluding hydrogens is 511 g/mol. The molecule has 7 heteroatoms. The van der Waals surface area contributed by atoms with Gasteiger partial charge < -0.3 is 17.0 Å². The molecule has 2 heterocycles. The highest BCUT2D eigenvalue weighted by Gasteiger charge is 2.12. The van der Waals surface area contributed by atoms with Crippen molar-refractivity contribution < 1.29 is 17.0 Å². The first-order valence-electron chi connectivity index (χ1n) is 11.5. The summed E-state index contributed by atoms with van der Waals surface area (Å²) in [7, 11) is 0. The molecule has 2 aromatic heterocycles. The van der Waals surface area contributed by atoms with Crippen molar-refractivity contribution in [2.75, 3.05) is 0 Å². The molecule has 0 N–H and O–H groups in total. The Morgan fingerprint density at radius 1 is 0.722 bits per heavy atom. The Morgan fingerprint density at radius 2 is 1.33 bits per heavy atom. The van der Waals surface area contributed by atoms with Gasteiger partial charge in [-0.05, 0) is 35.4 Å². The van der Waals surface area contributed by atoms with E-state index in [1.165, 1.54) is 32.9 Å². The van der Waals surface area contributed by atoms with E-state index in [1.54, 1.807) is 6.07 Å². The molecule has 0 saturated carbocycles. The molecule has 6 rings (SSSR count). The smallest absolute Gasteiger partial charge is 0.265 e. The van der Waals surface area contributed by atoms with Crippen molar-refractivity contribution >= 4 is 45.0 Å². The van der Waals surface area contributed by atoms with E-state index in [0.29, 0.717) is 23.1 Å². The van der Waals surface area contributed by atoms with E-state index >= 15 is 0 Å². The number of hydrogen-bond donors (Lipinski definition) is 0. The van der Waals surface area contributed by atoms with Crippen LogP contribution < -0.4 is 17.0 Å². The van der Waals surface area contributed by atoms with Gasteiger partial charge in [0.15, 0.2) is 0 Å². The summed E-state index contributed by atoms with van der Waals surface area (Å²) in [5.74, 6) is 0. The number of hydrogen-bond acceptors (Lipinski definition) is 1. The zero-order valence-electron chi connectivity index (χ0n) is 19.4. The predicted molar refractivity (Wildman–Crippen MR) is 142 cm³/mol. The summed E-state index contributed by atoms with van der Waals surface area (Å²) in [5.41, 5.74) is 6.01. The first-order chi connectivity index (χ1) is 17.1. The zero-order valence-corrected chi connectivity index (χ0v) is 21.6. The fourth-order valence-electron chi connectivity index (χ4n) is 4.67. The van der Waals surface area contributed by atoms with E-state index in [2.05, 4.69) is 82.5 Å². The van der Waals surface area contributed by atoms with Crippen molar-refractivity contribution in [1.82, 2.24) is 14.3 Å². The number of halogens is 3. The number of aromatic nitrogens is 4. The van der Waals surface area contributed by atoms with Crippen LogP contribution in [0.15, 0.2) is 104 Å². The molecule has 180 valence electrons. The molecule has 0 aliphatic carbocycles. The Balaban J connectivity index is 0.00000267. The minimum Gasteiger partial charge on any atom is -1.00 e. The van der Waals surface area contributed by atoms with Crippen LogP contribution in [0.4, 0.5) is 0 Å². The predicted octanol–water partition coefficient (Wildman–Crippen LogP) is 3.73. The van der Waals surface area contributed by atoms with Crippen molar-refractivity contribution in [3.05, 3.63) is 130 Å². The maximum atomic E-state index is 6.32. The van der Waals surface area contributed by atoms with Gasteiger partial charge in [0.1, 0.15) is 6.54 Å². The number of rotatable bonds is 6. The molecule has 0 radical (unpaired) electrons. The topological polar surface area (TPSA) is 26.6 Å². The highest BCUT2D eigenvalue weighted by molar-refractivity contribution is 6.35. The summed E-state index contributed by atoms with van der Waals surface area (Å²) >= 11 is 12.3. The van der Waals surface area contributed by atoms with Crippen molar-refractivity contribution in [3.8, 4) is 0 Å². The van der Waals surface area contributed by atoms with Gasteiger partial charge in [0.2, 0.25) is 6.33 Å². The first-order valence-corrected chi connectivity index (χ1v) is 12.3. The summed E-state index contributed by atoms with van der Waals surface area (Å²) in [6.45, 7) is 2.18. The Bertz CT molecular complexity index is 1600. The largest absolute Gasteiger partial charge is 1.00 e. The number of benzene rings is 4. The molecule has 6 aromatic rings. The summed E-state index contributed by atoms with van der Waals surface area (Å²) < 4.78 is 6.36. The van der Waals surface area contributed by atoms with Crippen LogP contribution in [0.25, 0.3) is 21.8 Å². The van der Waals surface area contributed by atoms with Gasteiger partial charge in [0, 0.05) is 49.1 Å². The fourth-order valence-corrected chi connectivity index (χ4v) is 5.14. The molecule has 0 atom stereocenters. The second-order valence-electron chi connectivity index (χ2n) is 8.79. The molecule has 0 unspecified atom stereocenters. The van der Waals surface area contributed by atoms with Crippen molar-refractivity contribution in [3.63, 3.8) is 0 Å². The maximum Gasteiger partial charge on any atom is 0.265 e. The van der Waals surface area contributed by atoms with E-state index in [9.17, 15) is 0 Å². The lowest BCUT2D eigenvalue weighted by Gasteiger charge is -2.08. The van der Waals surface area contributed by atoms with Crippen molar-refractivity contribution in [2.24, 2.45) is 0 Å². The van der Waals surface area contributed by atoms with E-state index in [4.69, 9.17) is 23.2 Å². The highest BCUT2D eigenvalue weighted by atomic mass is 35.5. The molecule has 0 fully saturated rings. The van der Waals surface area contributed by atoms with Gasteiger partial charge >= 0.3 is 0 Å². The fraction of sp³-hybridized carbons (Fsp3) is 0.103. The van der Waals surface area contributed by atoms with Crippen molar-refractivity contribution in [2.45, 2.75) is 19.6 Å². The van der Waals surface area contributed by atoms with Crippen molar-refractivity contribution in [1.29, 1.82) is 0 Å². The average molecular weight is 534 g/mol. The van der Waals surface area contributed by atoms with Crippen LogP contribution in [0.2, 0.25) is 10.0 Å². The summed E-state index contributed by atoms with van der Waals surface area (Å²) in [6, 6.07) is 31.6. The second-order valence-corrected chi connectivity index (χ2v) is 9.63. The third-order valence-electron chi connectivity index (χ3n) is 6.39. The van der Waals surface area contributed by atoms with E-state index in [-0.39, 0.29) is 12.4 Å². The maximum absolute atomic E-state index is 6.32. The number of para-hydroxylation sites is 2. The lowest BCUT2D eigenvalue weighted by molar-refractivity contribution is -0.689. The van der Waals surface area contributed by atoms with Crippen LogP contribution in [-0.2, 0) is 19.6 Å². The van der Waals surface area contributed by atoms with Crippen LogP contribution in [-0.4, -0.2) is 14.3 Å². The average Bonchev–Trinajstić information content (AvgIpc) is 3.45. The SMILES string of the molecule is Clc1ccc(C[n+]2cnn(Cc3ccc(Cn4c5ccccc5c5ccccc54)cc3)c2)c(Cl)c1.[Cl-]. The third-order valence-corrected chi connectivity index (χ3v) is 6.97.